The molecule has 1 aromatic heterocycles. The third-order valence-corrected chi connectivity index (χ3v) is 7.52. The van der Waals surface area contributed by atoms with E-state index in [9.17, 15) is 0 Å². The second-order valence-corrected chi connectivity index (χ2v) is 9.07. The minimum atomic E-state index is 1.04. The molecule has 148 valence electrons. The predicted octanol–water partition coefficient (Wildman–Crippen LogP) is 9.10. The van der Waals surface area contributed by atoms with Crippen LogP contribution in [0.1, 0.15) is 12.5 Å². The second kappa shape index (κ2) is 7.37. The van der Waals surface area contributed by atoms with E-state index in [1.54, 1.807) is 0 Å². The van der Waals surface area contributed by atoms with Crippen LogP contribution in [0, 0.1) is 0 Å². The van der Waals surface area contributed by atoms with Gasteiger partial charge in [0, 0.05) is 25.7 Å². The molecule has 0 saturated carbocycles. The summed E-state index contributed by atoms with van der Waals surface area (Å²) in [6.45, 7) is 2.24. The summed E-state index contributed by atoms with van der Waals surface area (Å²) in [5.41, 5.74) is 6.66. The lowest BCUT2D eigenvalue weighted by Crippen LogP contribution is -1.87. The Kier molecular flexibility index (Phi) is 4.36. The number of hydrogen-bond donors (Lipinski definition) is 0. The van der Waals surface area contributed by atoms with Gasteiger partial charge in [-0.25, -0.2) is 0 Å². The lowest BCUT2D eigenvalue weighted by Gasteiger charge is -2.11. The highest BCUT2D eigenvalue weighted by molar-refractivity contribution is 7.26. The van der Waals surface area contributed by atoms with E-state index >= 15 is 0 Å². The lowest BCUT2D eigenvalue weighted by atomic mass is 9.94. The third kappa shape index (κ3) is 2.97. The fourth-order valence-electron chi connectivity index (χ4n) is 4.68. The Bertz CT molecular complexity index is 1550. The first-order valence-electron chi connectivity index (χ1n) is 10.8. The van der Waals surface area contributed by atoms with Gasteiger partial charge in [-0.05, 0) is 39.4 Å². The topological polar surface area (TPSA) is 0 Å². The van der Waals surface area contributed by atoms with Crippen molar-refractivity contribution in [3.63, 3.8) is 0 Å². The van der Waals surface area contributed by atoms with Crippen LogP contribution in [0.25, 0.3) is 53.2 Å². The maximum atomic E-state index is 2.39. The van der Waals surface area contributed by atoms with E-state index in [2.05, 4.69) is 110 Å². The monoisotopic (exact) mass is 414 g/mol. The third-order valence-electron chi connectivity index (χ3n) is 6.23. The zero-order chi connectivity index (χ0) is 20.8. The summed E-state index contributed by atoms with van der Waals surface area (Å²) in [6.07, 6.45) is 1.04. The van der Waals surface area contributed by atoms with Crippen molar-refractivity contribution in [1.82, 2.24) is 0 Å². The fourth-order valence-corrected chi connectivity index (χ4v) is 6.04. The molecule has 0 aliphatic carbocycles. The van der Waals surface area contributed by atoms with Gasteiger partial charge in [0.05, 0.1) is 0 Å². The molecule has 1 heterocycles. The molecule has 0 saturated heterocycles. The van der Waals surface area contributed by atoms with Gasteiger partial charge in [-0.2, -0.15) is 0 Å². The van der Waals surface area contributed by atoms with Gasteiger partial charge in [-0.3, -0.25) is 0 Å². The Morgan fingerprint density at radius 3 is 1.97 bits per heavy atom. The van der Waals surface area contributed by atoms with Crippen LogP contribution in [0.2, 0.25) is 0 Å². The molecular formula is C30H22S. The van der Waals surface area contributed by atoms with Gasteiger partial charge >= 0.3 is 0 Å². The highest BCUT2D eigenvalue weighted by Gasteiger charge is 2.15. The summed E-state index contributed by atoms with van der Waals surface area (Å²) in [5, 5.41) is 5.34. The Hall–Kier alpha value is -3.42. The smallest absolute Gasteiger partial charge is 0.0434 e. The van der Waals surface area contributed by atoms with E-state index in [0.717, 1.165) is 6.42 Å². The van der Waals surface area contributed by atoms with Crippen molar-refractivity contribution in [2.24, 2.45) is 0 Å². The highest BCUT2D eigenvalue weighted by Crippen LogP contribution is 2.45. The fraction of sp³-hybridized carbons (Fsp3) is 0.0667. The minimum Gasteiger partial charge on any atom is -0.134 e. The van der Waals surface area contributed by atoms with E-state index in [1.807, 2.05) is 11.3 Å². The molecule has 0 amide bonds. The van der Waals surface area contributed by atoms with Crippen LogP contribution in [0.4, 0.5) is 0 Å². The first-order chi connectivity index (χ1) is 15.3. The van der Waals surface area contributed by atoms with Gasteiger partial charge < -0.3 is 0 Å². The van der Waals surface area contributed by atoms with Crippen LogP contribution < -0.4 is 0 Å². The summed E-state index contributed by atoms with van der Waals surface area (Å²) in [5.74, 6) is 0. The average molecular weight is 415 g/mol. The number of rotatable bonds is 3. The number of thiophene rings is 1. The first-order valence-corrected chi connectivity index (χ1v) is 11.7. The lowest BCUT2D eigenvalue weighted by molar-refractivity contribution is 1.15. The van der Waals surface area contributed by atoms with Crippen LogP contribution >= 0.6 is 11.3 Å². The maximum Gasteiger partial charge on any atom is 0.0434 e. The molecule has 0 aliphatic rings. The van der Waals surface area contributed by atoms with Crippen LogP contribution in [0.15, 0.2) is 103 Å². The molecule has 0 bridgehead atoms. The Balaban J connectivity index is 1.69. The van der Waals surface area contributed by atoms with Crippen LogP contribution in [0.3, 0.4) is 0 Å². The second-order valence-electron chi connectivity index (χ2n) is 8.05. The summed E-state index contributed by atoms with van der Waals surface area (Å²) >= 11 is 1.93. The molecule has 5 aromatic carbocycles. The quantitative estimate of drug-likeness (QED) is 0.271. The van der Waals surface area contributed by atoms with Crippen molar-refractivity contribution in [1.29, 1.82) is 0 Å². The van der Waals surface area contributed by atoms with Crippen LogP contribution in [-0.2, 0) is 6.42 Å². The molecule has 0 aliphatic heterocycles. The van der Waals surface area contributed by atoms with Gasteiger partial charge in [0.25, 0.3) is 0 Å². The summed E-state index contributed by atoms with van der Waals surface area (Å²) in [4.78, 5) is 0. The average Bonchev–Trinajstić information content (AvgIpc) is 3.23. The Morgan fingerprint density at radius 1 is 0.548 bits per heavy atom. The molecule has 1 heteroatoms. The van der Waals surface area contributed by atoms with Crippen molar-refractivity contribution in [3.8, 4) is 22.3 Å². The molecule has 31 heavy (non-hydrogen) atoms. The SMILES string of the molecule is CCc1cc(-c2cccc3c2sc2c(-c4ccccc4)cccc23)c2ccccc2c1. The van der Waals surface area contributed by atoms with E-state index in [-0.39, 0.29) is 0 Å². The van der Waals surface area contributed by atoms with Gasteiger partial charge in [0.2, 0.25) is 0 Å². The van der Waals surface area contributed by atoms with Crippen LogP contribution in [-0.4, -0.2) is 0 Å². The van der Waals surface area contributed by atoms with Gasteiger partial charge in [-0.15, -0.1) is 11.3 Å². The zero-order valence-corrected chi connectivity index (χ0v) is 18.2. The standard InChI is InChI=1S/C30H22S/c1-2-20-18-22-12-6-7-13-23(22)28(19-20)27-17-9-16-26-25-15-8-14-24(29(25)31-30(26)27)21-10-4-3-5-11-21/h3-19H,2H2,1H3. The number of benzene rings is 5. The number of aryl methyl sites for hydroxylation is 1. The molecule has 0 fully saturated rings. The molecule has 0 atom stereocenters. The van der Waals surface area contributed by atoms with Crippen LogP contribution in [0.5, 0.6) is 0 Å². The largest absolute Gasteiger partial charge is 0.134 e. The van der Waals surface area contributed by atoms with Crippen molar-refractivity contribution in [2.75, 3.05) is 0 Å². The first kappa shape index (κ1) is 18.4. The van der Waals surface area contributed by atoms with E-state index in [1.165, 1.54) is 58.8 Å². The molecule has 6 aromatic rings. The molecule has 0 radical (unpaired) electrons. The molecule has 0 unspecified atom stereocenters. The van der Waals surface area contributed by atoms with Crippen molar-refractivity contribution >= 4 is 42.3 Å². The van der Waals surface area contributed by atoms with Crippen molar-refractivity contribution in [2.45, 2.75) is 13.3 Å². The minimum absolute atomic E-state index is 1.04. The van der Waals surface area contributed by atoms with Gasteiger partial charge in [-0.1, -0.05) is 110 Å². The van der Waals surface area contributed by atoms with E-state index in [0.29, 0.717) is 0 Å². The summed E-state index contributed by atoms with van der Waals surface area (Å²) < 4.78 is 2.74. The van der Waals surface area contributed by atoms with Crippen molar-refractivity contribution in [3.05, 3.63) is 109 Å². The molecule has 0 nitrogen and oxygen atoms in total. The highest BCUT2D eigenvalue weighted by atomic mass is 32.1. The summed E-state index contributed by atoms with van der Waals surface area (Å²) in [7, 11) is 0. The predicted molar refractivity (Wildman–Crippen MR) is 137 cm³/mol. The van der Waals surface area contributed by atoms with Crippen molar-refractivity contribution < 1.29 is 0 Å². The maximum absolute atomic E-state index is 2.39. The number of fused-ring (bicyclic) bond motifs is 4. The molecular weight excluding hydrogens is 392 g/mol. The molecule has 0 spiro atoms. The zero-order valence-electron chi connectivity index (χ0n) is 17.4. The molecule has 6 rings (SSSR count). The Morgan fingerprint density at radius 2 is 1.19 bits per heavy atom. The van der Waals surface area contributed by atoms with Gasteiger partial charge in [0.1, 0.15) is 0 Å². The Labute approximate surface area is 186 Å². The van der Waals surface area contributed by atoms with Gasteiger partial charge in [0.15, 0.2) is 0 Å². The normalized spacial score (nSPS) is 11.5. The van der Waals surface area contributed by atoms with E-state index < -0.39 is 0 Å². The molecule has 0 N–H and O–H groups in total. The van der Waals surface area contributed by atoms with E-state index in [4.69, 9.17) is 0 Å². The summed E-state index contributed by atoms with van der Waals surface area (Å²) in [6, 6.07) is 37.7. The number of hydrogen-bond acceptors (Lipinski definition) is 1.